The summed E-state index contributed by atoms with van der Waals surface area (Å²) in [7, 11) is 0. The Bertz CT molecular complexity index is 1580. The molecule has 0 saturated heterocycles. The van der Waals surface area contributed by atoms with Gasteiger partial charge < -0.3 is 30.3 Å². The molecule has 0 saturated carbocycles. The SMILES string of the molecule is CCNC(=O)C1(COc2cc(OCc3cncc(C#N)c3)c(CNC(CO)CO)cc2Cl)C=CC=C(c2ccccc2)C1(C)C. The first-order valence-corrected chi connectivity index (χ1v) is 15.2. The highest BCUT2D eigenvalue weighted by Gasteiger charge is 2.53. The number of aliphatic hydroxyl groups excluding tert-OH is 2. The molecule has 10 heteroatoms. The van der Waals surface area contributed by atoms with Gasteiger partial charge in [0.05, 0.1) is 29.8 Å². The number of ether oxygens (including phenoxy) is 2. The number of nitriles is 1. The number of benzene rings is 2. The summed E-state index contributed by atoms with van der Waals surface area (Å²) in [6.45, 7) is 6.27. The van der Waals surface area contributed by atoms with Gasteiger partial charge in [-0.2, -0.15) is 5.26 Å². The minimum Gasteiger partial charge on any atom is -0.490 e. The van der Waals surface area contributed by atoms with Gasteiger partial charge in [-0.05, 0) is 30.2 Å². The third kappa shape index (κ3) is 7.55. The smallest absolute Gasteiger partial charge is 0.234 e. The van der Waals surface area contributed by atoms with Crippen LogP contribution in [0.2, 0.25) is 5.02 Å². The van der Waals surface area contributed by atoms with Crippen LogP contribution >= 0.6 is 11.6 Å². The van der Waals surface area contributed by atoms with Gasteiger partial charge in [0, 0.05) is 48.1 Å². The number of hydrogen-bond donors (Lipinski definition) is 4. The molecule has 1 aromatic heterocycles. The van der Waals surface area contributed by atoms with Crippen LogP contribution in [0.1, 0.15) is 43.0 Å². The molecular formula is C35H39ClN4O5. The molecule has 0 spiro atoms. The fourth-order valence-corrected chi connectivity index (χ4v) is 5.63. The maximum atomic E-state index is 13.9. The van der Waals surface area contributed by atoms with Crippen LogP contribution in [0.5, 0.6) is 11.5 Å². The lowest BCUT2D eigenvalue weighted by atomic mass is 9.58. The van der Waals surface area contributed by atoms with Crippen LogP contribution in [0.15, 0.2) is 79.2 Å². The Morgan fingerprint density at radius 3 is 2.53 bits per heavy atom. The Labute approximate surface area is 269 Å². The summed E-state index contributed by atoms with van der Waals surface area (Å²) in [6, 6.07) is 16.6. The van der Waals surface area contributed by atoms with E-state index in [9.17, 15) is 20.3 Å². The highest BCUT2D eigenvalue weighted by atomic mass is 35.5. The van der Waals surface area contributed by atoms with Crippen molar-refractivity contribution in [2.75, 3.05) is 26.4 Å². The van der Waals surface area contributed by atoms with Crippen molar-refractivity contribution in [2.45, 2.75) is 40.0 Å². The maximum Gasteiger partial charge on any atom is 0.234 e. The fourth-order valence-electron chi connectivity index (χ4n) is 5.39. The number of halogens is 1. The molecule has 0 bridgehead atoms. The molecule has 0 radical (unpaired) electrons. The minimum absolute atomic E-state index is 0.00546. The van der Waals surface area contributed by atoms with Crippen LogP contribution in [0.25, 0.3) is 5.57 Å². The van der Waals surface area contributed by atoms with Crippen LogP contribution in [-0.2, 0) is 17.9 Å². The molecule has 3 aromatic rings. The van der Waals surface area contributed by atoms with E-state index in [-0.39, 0.29) is 38.9 Å². The predicted molar refractivity (Wildman–Crippen MR) is 173 cm³/mol. The second-order valence-electron chi connectivity index (χ2n) is 11.4. The van der Waals surface area contributed by atoms with E-state index in [1.54, 1.807) is 24.4 Å². The van der Waals surface area contributed by atoms with Crippen molar-refractivity contribution in [3.05, 3.63) is 106 Å². The van der Waals surface area contributed by atoms with Crippen molar-refractivity contribution in [3.8, 4) is 17.6 Å². The number of rotatable bonds is 14. The normalized spacial score (nSPS) is 17.0. The zero-order valence-electron chi connectivity index (χ0n) is 25.7. The Morgan fingerprint density at radius 1 is 1.09 bits per heavy atom. The summed E-state index contributed by atoms with van der Waals surface area (Å²) in [4.78, 5) is 18.0. The van der Waals surface area contributed by atoms with Crippen molar-refractivity contribution in [1.29, 1.82) is 5.26 Å². The molecule has 1 aliphatic carbocycles. The Kier molecular flexibility index (Phi) is 11.4. The third-order valence-corrected chi connectivity index (χ3v) is 8.47. The van der Waals surface area contributed by atoms with Gasteiger partial charge in [-0.25, -0.2) is 0 Å². The molecule has 0 fully saturated rings. The van der Waals surface area contributed by atoms with E-state index < -0.39 is 16.9 Å². The van der Waals surface area contributed by atoms with Gasteiger partial charge >= 0.3 is 0 Å². The van der Waals surface area contributed by atoms with Crippen molar-refractivity contribution in [1.82, 2.24) is 15.6 Å². The lowest BCUT2D eigenvalue weighted by molar-refractivity contribution is -0.134. The second-order valence-corrected chi connectivity index (χ2v) is 11.8. The Hall–Kier alpha value is -4.20. The summed E-state index contributed by atoms with van der Waals surface area (Å²) in [6.07, 6.45) is 8.92. The minimum atomic E-state index is -1.08. The summed E-state index contributed by atoms with van der Waals surface area (Å²) in [5, 5.41) is 34.7. The fraction of sp³-hybridized carbons (Fsp3) is 0.343. The van der Waals surface area contributed by atoms with Gasteiger partial charge in [0.25, 0.3) is 0 Å². The van der Waals surface area contributed by atoms with E-state index in [1.165, 1.54) is 6.20 Å². The van der Waals surface area contributed by atoms with Gasteiger partial charge in [0.2, 0.25) is 5.91 Å². The average molecular weight is 631 g/mol. The molecular weight excluding hydrogens is 592 g/mol. The number of amides is 1. The van der Waals surface area contributed by atoms with E-state index in [2.05, 4.69) is 21.7 Å². The maximum absolute atomic E-state index is 13.9. The van der Waals surface area contributed by atoms with Crippen LogP contribution < -0.4 is 20.1 Å². The summed E-state index contributed by atoms with van der Waals surface area (Å²) >= 11 is 6.76. The Balaban J connectivity index is 1.67. The van der Waals surface area contributed by atoms with Gasteiger partial charge in [-0.3, -0.25) is 9.78 Å². The van der Waals surface area contributed by atoms with Crippen molar-refractivity contribution in [2.24, 2.45) is 10.8 Å². The van der Waals surface area contributed by atoms with Crippen molar-refractivity contribution < 1.29 is 24.5 Å². The topological polar surface area (TPSA) is 137 Å². The predicted octanol–water partition coefficient (Wildman–Crippen LogP) is 4.81. The summed E-state index contributed by atoms with van der Waals surface area (Å²) in [5.41, 5.74) is 2.05. The number of carbonyl (C=O) groups is 1. The number of aromatic nitrogens is 1. The molecule has 0 aliphatic heterocycles. The van der Waals surface area contributed by atoms with Gasteiger partial charge in [-0.15, -0.1) is 0 Å². The number of allylic oxidation sites excluding steroid dienone is 3. The lowest BCUT2D eigenvalue weighted by Crippen LogP contribution is -2.53. The van der Waals surface area contributed by atoms with Crippen LogP contribution in [0.4, 0.5) is 0 Å². The first kappa shape index (κ1) is 33.7. The largest absolute Gasteiger partial charge is 0.490 e. The zero-order valence-corrected chi connectivity index (χ0v) is 26.5. The molecule has 4 N–H and O–H groups in total. The first-order valence-electron chi connectivity index (χ1n) is 14.8. The molecule has 1 atom stereocenters. The zero-order chi connectivity index (χ0) is 32.5. The molecule has 4 rings (SSSR count). The number of aliphatic hydroxyl groups is 2. The van der Waals surface area contributed by atoms with Crippen molar-refractivity contribution >= 4 is 23.1 Å². The molecule has 45 heavy (non-hydrogen) atoms. The summed E-state index contributed by atoms with van der Waals surface area (Å²) < 4.78 is 12.6. The third-order valence-electron chi connectivity index (χ3n) is 8.17. The van der Waals surface area contributed by atoms with E-state index in [4.69, 9.17) is 21.1 Å². The molecule has 1 unspecified atom stereocenters. The van der Waals surface area contributed by atoms with Crippen LogP contribution in [0.3, 0.4) is 0 Å². The van der Waals surface area contributed by atoms with E-state index >= 15 is 0 Å². The molecule has 236 valence electrons. The van der Waals surface area contributed by atoms with Gasteiger partial charge in [0.15, 0.2) is 0 Å². The van der Waals surface area contributed by atoms with E-state index in [1.807, 2.05) is 69.3 Å². The van der Waals surface area contributed by atoms with Crippen molar-refractivity contribution in [3.63, 3.8) is 0 Å². The van der Waals surface area contributed by atoms with E-state index in [0.717, 1.165) is 11.1 Å². The highest BCUT2D eigenvalue weighted by molar-refractivity contribution is 6.32. The second kappa shape index (κ2) is 15.2. The monoisotopic (exact) mass is 630 g/mol. The summed E-state index contributed by atoms with van der Waals surface area (Å²) in [5.74, 6) is 0.600. The van der Waals surface area contributed by atoms with Crippen LogP contribution in [0, 0.1) is 22.2 Å². The Morgan fingerprint density at radius 2 is 1.84 bits per heavy atom. The van der Waals surface area contributed by atoms with Gasteiger partial charge in [0.1, 0.15) is 36.2 Å². The molecule has 1 aliphatic rings. The number of hydrogen-bond acceptors (Lipinski definition) is 8. The number of nitrogens with zero attached hydrogens (tertiary/aromatic N) is 2. The molecule has 2 aromatic carbocycles. The molecule has 1 amide bonds. The quantitative estimate of drug-likeness (QED) is 0.199. The highest BCUT2D eigenvalue weighted by Crippen LogP contribution is 2.52. The molecule has 1 heterocycles. The number of carbonyl (C=O) groups excluding carboxylic acids is 1. The molecule has 9 nitrogen and oxygen atoms in total. The lowest BCUT2D eigenvalue weighted by Gasteiger charge is -2.46. The number of pyridine rings is 1. The van der Waals surface area contributed by atoms with E-state index in [0.29, 0.717) is 39.8 Å². The average Bonchev–Trinajstić information content (AvgIpc) is 3.05. The number of nitrogens with one attached hydrogen (secondary N) is 2. The van der Waals surface area contributed by atoms with Crippen LogP contribution in [-0.4, -0.2) is 53.5 Å². The van der Waals surface area contributed by atoms with Gasteiger partial charge in [-0.1, -0.05) is 74.0 Å². The standard InChI is InChI=1S/C35H39ClN4O5/c1-4-39-33(43)35(12-8-11-29(34(35,2)3)26-9-6-5-7-10-26)23-45-32-15-31(44-22-25-13-24(16-37)17-38-18-25)27(14-30(32)36)19-40-28(20-41)21-42/h5-15,17-18,28,40-42H,4,19-23H2,1-3H3,(H,39,43). The first-order chi connectivity index (χ1) is 21.7.